The van der Waals surface area contributed by atoms with Crippen molar-refractivity contribution >= 4 is 11.9 Å². The fourth-order valence-corrected chi connectivity index (χ4v) is 1.44. The van der Waals surface area contributed by atoms with Crippen molar-refractivity contribution in [2.24, 2.45) is 5.92 Å². The molecule has 14 heavy (non-hydrogen) atoms. The van der Waals surface area contributed by atoms with Gasteiger partial charge in [-0.25, -0.2) is 0 Å². The molecule has 1 aliphatic rings. The first-order valence-corrected chi connectivity index (χ1v) is 5.09. The highest BCUT2D eigenvalue weighted by molar-refractivity contribution is 5.74. The zero-order chi connectivity index (χ0) is 11.1. The topological polar surface area (TPSA) is 57.6 Å². The number of likely N-dealkylation sites (tertiary alicyclic amines) is 1. The van der Waals surface area contributed by atoms with Crippen molar-refractivity contribution in [3.63, 3.8) is 0 Å². The summed E-state index contributed by atoms with van der Waals surface area (Å²) >= 11 is 0. The average molecular weight is 201 g/mol. The number of nitrogens with zero attached hydrogens (tertiary/aromatic N) is 1. The second-order valence-corrected chi connectivity index (χ2v) is 3.12. The zero-order valence-corrected chi connectivity index (χ0v) is 9.12. The average Bonchev–Trinajstić information content (AvgIpc) is 2.21. The number of hydrogen-bond donors (Lipinski definition) is 1. The van der Waals surface area contributed by atoms with Gasteiger partial charge in [0.2, 0.25) is 5.91 Å². The van der Waals surface area contributed by atoms with E-state index in [2.05, 4.69) is 0 Å². The molecule has 1 N–H and O–H groups in total. The van der Waals surface area contributed by atoms with Crippen LogP contribution < -0.4 is 0 Å². The Balaban J connectivity index is 0.000000791. The van der Waals surface area contributed by atoms with Gasteiger partial charge in [0.15, 0.2) is 0 Å². The maximum Gasteiger partial charge on any atom is 0.306 e. The molecular formula is C10H19NO3. The maximum atomic E-state index is 10.9. The van der Waals surface area contributed by atoms with Crippen LogP contribution in [0.5, 0.6) is 0 Å². The fourth-order valence-electron chi connectivity index (χ4n) is 1.44. The van der Waals surface area contributed by atoms with Crippen LogP contribution in [0.2, 0.25) is 0 Å². The summed E-state index contributed by atoms with van der Waals surface area (Å²) in [4.78, 5) is 23.1. The Bertz CT molecular complexity index is 174. The van der Waals surface area contributed by atoms with E-state index >= 15 is 0 Å². The van der Waals surface area contributed by atoms with Crippen LogP contribution in [0.15, 0.2) is 0 Å². The Morgan fingerprint density at radius 3 is 1.93 bits per heavy atom. The molecule has 1 amide bonds. The second kappa shape index (κ2) is 6.40. The summed E-state index contributed by atoms with van der Waals surface area (Å²) in [7, 11) is 0. The Labute approximate surface area is 84.9 Å². The van der Waals surface area contributed by atoms with E-state index in [9.17, 15) is 9.59 Å². The van der Waals surface area contributed by atoms with E-state index < -0.39 is 5.97 Å². The van der Waals surface area contributed by atoms with Crippen LogP contribution in [0.25, 0.3) is 0 Å². The lowest BCUT2D eigenvalue weighted by molar-refractivity contribution is -0.145. The van der Waals surface area contributed by atoms with Crippen LogP contribution in [0.4, 0.5) is 0 Å². The van der Waals surface area contributed by atoms with E-state index in [1.165, 1.54) is 6.92 Å². The lowest BCUT2D eigenvalue weighted by Gasteiger charge is -2.28. The van der Waals surface area contributed by atoms with Gasteiger partial charge >= 0.3 is 5.97 Å². The molecule has 4 heteroatoms. The van der Waals surface area contributed by atoms with Gasteiger partial charge in [-0.1, -0.05) is 13.8 Å². The molecule has 0 aromatic carbocycles. The van der Waals surface area contributed by atoms with Crippen molar-refractivity contribution in [3.05, 3.63) is 0 Å². The third-order valence-corrected chi connectivity index (χ3v) is 2.29. The first kappa shape index (κ1) is 12.9. The highest BCUT2D eigenvalue weighted by atomic mass is 16.4. The molecule has 0 aliphatic carbocycles. The normalized spacial score (nSPS) is 16.9. The number of piperidine rings is 1. The van der Waals surface area contributed by atoms with Gasteiger partial charge in [0, 0.05) is 20.0 Å². The van der Waals surface area contributed by atoms with Crippen molar-refractivity contribution < 1.29 is 14.7 Å². The first-order chi connectivity index (χ1) is 6.61. The van der Waals surface area contributed by atoms with Crippen molar-refractivity contribution in [2.45, 2.75) is 33.6 Å². The summed E-state index contributed by atoms with van der Waals surface area (Å²) in [5.74, 6) is -0.947. The largest absolute Gasteiger partial charge is 0.481 e. The Hall–Kier alpha value is -1.06. The van der Waals surface area contributed by atoms with Crippen molar-refractivity contribution in [1.82, 2.24) is 4.90 Å². The summed E-state index contributed by atoms with van der Waals surface area (Å²) in [6.45, 7) is 6.69. The van der Waals surface area contributed by atoms with Crippen molar-refractivity contribution in [2.75, 3.05) is 13.1 Å². The fraction of sp³-hybridized carbons (Fsp3) is 0.800. The Morgan fingerprint density at radius 1 is 1.21 bits per heavy atom. The summed E-state index contributed by atoms with van der Waals surface area (Å²) in [6.07, 6.45) is 1.18. The minimum absolute atomic E-state index is 0.0406. The first-order valence-electron chi connectivity index (χ1n) is 5.09. The number of rotatable bonds is 1. The molecule has 0 atom stereocenters. The summed E-state index contributed by atoms with van der Waals surface area (Å²) < 4.78 is 0. The molecule has 0 bridgehead atoms. The molecule has 1 heterocycles. The van der Waals surface area contributed by atoms with Crippen LogP contribution in [0.3, 0.4) is 0 Å². The van der Waals surface area contributed by atoms with Gasteiger partial charge in [-0.15, -0.1) is 0 Å². The summed E-state index contributed by atoms with van der Waals surface area (Å²) in [5, 5.41) is 8.66. The quantitative estimate of drug-likeness (QED) is 0.696. The van der Waals surface area contributed by atoms with E-state index in [4.69, 9.17) is 5.11 Å². The van der Waals surface area contributed by atoms with Gasteiger partial charge in [-0.2, -0.15) is 0 Å². The highest BCUT2D eigenvalue weighted by Gasteiger charge is 2.25. The lowest BCUT2D eigenvalue weighted by atomic mass is 9.97. The number of carbonyl (C=O) groups excluding carboxylic acids is 1. The number of carboxylic acids is 1. The standard InChI is InChI=1S/C8H13NO3.C2H6/c1-6(10)9-4-2-7(3-5-9)8(11)12;1-2/h7H,2-5H2,1H3,(H,11,12);1-2H3. The molecule has 1 saturated heterocycles. The van der Waals surface area contributed by atoms with Crippen LogP contribution in [0, 0.1) is 5.92 Å². The van der Waals surface area contributed by atoms with Crippen LogP contribution in [-0.2, 0) is 9.59 Å². The predicted octanol–water partition coefficient (Wildman–Crippen LogP) is 1.36. The third-order valence-electron chi connectivity index (χ3n) is 2.29. The molecule has 82 valence electrons. The van der Waals surface area contributed by atoms with Gasteiger partial charge < -0.3 is 10.0 Å². The minimum atomic E-state index is -0.738. The number of carboxylic acid groups (broad SMARTS) is 1. The summed E-state index contributed by atoms with van der Waals surface area (Å²) in [5.41, 5.74) is 0. The molecule has 0 saturated carbocycles. The van der Waals surface area contributed by atoms with E-state index in [-0.39, 0.29) is 11.8 Å². The van der Waals surface area contributed by atoms with Gasteiger partial charge in [0.05, 0.1) is 5.92 Å². The number of carbonyl (C=O) groups is 2. The highest BCUT2D eigenvalue weighted by Crippen LogP contribution is 2.16. The molecule has 4 nitrogen and oxygen atoms in total. The molecule has 0 radical (unpaired) electrons. The molecule has 1 rings (SSSR count). The molecular weight excluding hydrogens is 182 g/mol. The maximum absolute atomic E-state index is 10.9. The smallest absolute Gasteiger partial charge is 0.306 e. The predicted molar refractivity (Wildman–Crippen MR) is 54.0 cm³/mol. The van der Waals surface area contributed by atoms with Crippen molar-refractivity contribution in [1.29, 1.82) is 0 Å². The second-order valence-electron chi connectivity index (χ2n) is 3.12. The van der Waals surface area contributed by atoms with E-state index in [1.807, 2.05) is 13.8 Å². The van der Waals surface area contributed by atoms with E-state index in [0.717, 1.165) is 0 Å². The van der Waals surface area contributed by atoms with E-state index in [0.29, 0.717) is 25.9 Å². The minimum Gasteiger partial charge on any atom is -0.481 e. The molecule has 0 aromatic rings. The molecule has 0 unspecified atom stereocenters. The van der Waals surface area contributed by atoms with Crippen molar-refractivity contribution in [3.8, 4) is 0 Å². The van der Waals surface area contributed by atoms with Gasteiger partial charge in [-0.05, 0) is 12.8 Å². The monoisotopic (exact) mass is 201 g/mol. The van der Waals surface area contributed by atoms with Crippen LogP contribution in [-0.4, -0.2) is 35.0 Å². The number of hydrogen-bond acceptors (Lipinski definition) is 2. The zero-order valence-electron chi connectivity index (χ0n) is 9.12. The molecule has 1 fully saturated rings. The Morgan fingerprint density at radius 2 is 1.64 bits per heavy atom. The van der Waals surface area contributed by atoms with Crippen LogP contribution in [0.1, 0.15) is 33.6 Å². The van der Waals surface area contributed by atoms with Gasteiger partial charge in [-0.3, -0.25) is 9.59 Å². The number of aliphatic carboxylic acids is 1. The molecule has 1 aliphatic heterocycles. The number of amides is 1. The SMILES string of the molecule is CC.CC(=O)N1CCC(C(=O)O)CC1. The van der Waals surface area contributed by atoms with Gasteiger partial charge in [0.1, 0.15) is 0 Å². The third kappa shape index (κ3) is 3.77. The van der Waals surface area contributed by atoms with Gasteiger partial charge in [0.25, 0.3) is 0 Å². The van der Waals surface area contributed by atoms with E-state index in [1.54, 1.807) is 4.90 Å². The Kier molecular flexibility index (Phi) is 5.92. The molecule has 0 spiro atoms. The van der Waals surface area contributed by atoms with Crippen LogP contribution >= 0.6 is 0 Å². The lowest BCUT2D eigenvalue weighted by Crippen LogP contribution is -2.38. The summed E-state index contributed by atoms with van der Waals surface area (Å²) in [6, 6.07) is 0. The molecule has 0 aromatic heterocycles.